The fourth-order valence-electron chi connectivity index (χ4n) is 2.18. The zero-order valence-electron chi connectivity index (χ0n) is 10.9. The largest absolute Gasteiger partial charge is 0.360 e. The number of hydrogen-bond donors (Lipinski definition) is 2. The van der Waals surface area contributed by atoms with E-state index in [2.05, 4.69) is 5.32 Å². The lowest BCUT2D eigenvalue weighted by Gasteiger charge is -2.25. The van der Waals surface area contributed by atoms with Gasteiger partial charge >= 0.3 is 0 Å². The summed E-state index contributed by atoms with van der Waals surface area (Å²) in [6.07, 6.45) is 2.68. The van der Waals surface area contributed by atoms with Gasteiger partial charge < -0.3 is 20.3 Å². The van der Waals surface area contributed by atoms with Gasteiger partial charge in [0.05, 0.1) is 11.3 Å². The van der Waals surface area contributed by atoms with Crippen LogP contribution in [0.25, 0.3) is 0 Å². The first-order valence-corrected chi connectivity index (χ1v) is 6.51. The van der Waals surface area contributed by atoms with Crippen molar-refractivity contribution in [3.63, 3.8) is 0 Å². The van der Waals surface area contributed by atoms with Crippen LogP contribution in [0.2, 0.25) is 0 Å². The summed E-state index contributed by atoms with van der Waals surface area (Å²) in [6.45, 7) is 0.614. The van der Waals surface area contributed by atoms with Gasteiger partial charge in [-0.15, -0.1) is 0 Å². The van der Waals surface area contributed by atoms with Crippen LogP contribution in [-0.2, 0) is 9.53 Å². The number of benzene rings is 1. The van der Waals surface area contributed by atoms with Gasteiger partial charge in [0.15, 0.2) is 11.6 Å². The summed E-state index contributed by atoms with van der Waals surface area (Å²) in [5, 5.41) is 10.7. The molecule has 2 rings (SSSR count). The Balaban J connectivity index is 2.28. The van der Waals surface area contributed by atoms with Crippen LogP contribution in [0.1, 0.15) is 31.2 Å². The quantitative estimate of drug-likeness (QED) is 0.645. The van der Waals surface area contributed by atoms with Crippen molar-refractivity contribution in [2.45, 2.75) is 31.9 Å². The molecule has 0 radical (unpaired) electrons. The Morgan fingerprint density at radius 2 is 2.25 bits per heavy atom. The first kappa shape index (κ1) is 14.6. The molecule has 0 aromatic heterocycles. The van der Waals surface area contributed by atoms with Gasteiger partial charge in [0.1, 0.15) is 12.5 Å². The van der Waals surface area contributed by atoms with Crippen molar-refractivity contribution in [1.29, 1.82) is 5.41 Å². The minimum atomic E-state index is -1.11. The van der Waals surface area contributed by atoms with Crippen LogP contribution in [0.4, 0.5) is 14.5 Å². The number of anilines is 1. The predicted octanol–water partition coefficient (Wildman–Crippen LogP) is 2.86. The van der Waals surface area contributed by atoms with Gasteiger partial charge in [0.25, 0.3) is 0 Å². The highest BCUT2D eigenvalue weighted by atomic mass is 19.2. The second-order valence-electron chi connectivity index (χ2n) is 4.63. The highest BCUT2D eigenvalue weighted by molar-refractivity contribution is 6.08. The highest BCUT2D eigenvalue weighted by Crippen LogP contribution is 2.25. The monoisotopic (exact) mass is 282 g/mol. The number of nitrogens with one attached hydrogen (secondary N) is 2. The number of carbonyl (C=O) groups excluding carboxylic acids is 1. The van der Waals surface area contributed by atoms with Gasteiger partial charge in [-0.05, 0) is 31.4 Å². The topological polar surface area (TPSA) is 62.2 Å². The second kappa shape index (κ2) is 6.56. The molecule has 1 heterocycles. The number of ether oxygens (including phenoxy) is 1. The molecule has 0 bridgehead atoms. The first-order valence-electron chi connectivity index (χ1n) is 6.51. The van der Waals surface area contributed by atoms with Crippen molar-refractivity contribution < 1.29 is 18.3 Å². The molecular formula is C14H16F2N2O2. The van der Waals surface area contributed by atoms with Crippen LogP contribution in [0.5, 0.6) is 0 Å². The van der Waals surface area contributed by atoms with Gasteiger partial charge in [0, 0.05) is 18.7 Å². The van der Waals surface area contributed by atoms with Crippen LogP contribution in [0, 0.1) is 17.0 Å². The van der Waals surface area contributed by atoms with E-state index in [4.69, 9.17) is 10.1 Å². The lowest BCUT2D eigenvalue weighted by molar-refractivity contribution is -0.106. The highest BCUT2D eigenvalue weighted by Gasteiger charge is 2.21. The molecule has 20 heavy (non-hydrogen) atoms. The average Bonchev–Trinajstić information content (AvgIpc) is 2.44. The van der Waals surface area contributed by atoms with Crippen molar-refractivity contribution in [2.75, 3.05) is 11.9 Å². The summed E-state index contributed by atoms with van der Waals surface area (Å²) in [5.74, 6) is -2.15. The van der Waals surface area contributed by atoms with Crippen LogP contribution in [0.3, 0.4) is 0 Å². The molecule has 6 heteroatoms. The number of carbonyl (C=O) groups is 1. The van der Waals surface area contributed by atoms with Crippen LogP contribution < -0.4 is 5.32 Å². The molecule has 1 aliphatic rings. The molecular weight excluding hydrogens is 266 g/mol. The molecule has 4 nitrogen and oxygen atoms in total. The Morgan fingerprint density at radius 3 is 2.90 bits per heavy atom. The van der Waals surface area contributed by atoms with E-state index < -0.39 is 11.6 Å². The molecule has 2 N–H and O–H groups in total. The molecule has 0 spiro atoms. The average molecular weight is 282 g/mol. The predicted molar refractivity (Wildman–Crippen MR) is 71.1 cm³/mol. The molecule has 1 fully saturated rings. The van der Waals surface area contributed by atoms with E-state index in [0.717, 1.165) is 25.3 Å². The maximum absolute atomic E-state index is 13.9. The Hall–Kier alpha value is -1.82. The summed E-state index contributed by atoms with van der Waals surface area (Å²) in [7, 11) is 0. The minimum Gasteiger partial charge on any atom is -0.360 e. The van der Waals surface area contributed by atoms with Crippen molar-refractivity contribution in [2.24, 2.45) is 0 Å². The standard InChI is InChI=1S/C14H16F2N2O2/c15-9-4-5-11(18-12-3-1-2-8-20-12)13(14(9)16)10(17)6-7-19/h4-5,7,12,17-18H,1-3,6,8H2. The maximum atomic E-state index is 13.9. The van der Waals surface area contributed by atoms with Gasteiger partial charge in [-0.2, -0.15) is 0 Å². The molecule has 1 unspecified atom stereocenters. The molecule has 1 aromatic rings. The molecule has 1 atom stereocenters. The maximum Gasteiger partial charge on any atom is 0.169 e. The summed E-state index contributed by atoms with van der Waals surface area (Å²) in [5.41, 5.74) is -0.177. The molecule has 1 aromatic carbocycles. The normalized spacial score (nSPS) is 18.6. The summed E-state index contributed by atoms with van der Waals surface area (Å²) in [6, 6.07) is 2.36. The van der Waals surface area contributed by atoms with Crippen molar-refractivity contribution >= 4 is 17.7 Å². The Labute approximate surface area is 115 Å². The number of halogens is 2. The lowest BCUT2D eigenvalue weighted by Crippen LogP contribution is -2.28. The van der Waals surface area contributed by atoms with Gasteiger partial charge in [0.2, 0.25) is 0 Å². The zero-order valence-corrected chi connectivity index (χ0v) is 10.9. The van der Waals surface area contributed by atoms with E-state index >= 15 is 0 Å². The van der Waals surface area contributed by atoms with Crippen molar-refractivity contribution in [3.8, 4) is 0 Å². The SMILES string of the molecule is N=C(CC=O)c1c(NC2CCCCO2)ccc(F)c1F. The zero-order chi connectivity index (χ0) is 14.5. The Bertz CT molecular complexity index is 514. The van der Waals surface area contributed by atoms with Gasteiger partial charge in [-0.25, -0.2) is 8.78 Å². The molecule has 1 aliphatic heterocycles. The third kappa shape index (κ3) is 3.19. The van der Waals surface area contributed by atoms with E-state index in [0.29, 0.717) is 12.9 Å². The Kier molecular flexibility index (Phi) is 4.79. The third-order valence-electron chi connectivity index (χ3n) is 3.18. The summed E-state index contributed by atoms with van der Waals surface area (Å²) >= 11 is 0. The van der Waals surface area contributed by atoms with E-state index in [9.17, 15) is 13.6 Å². The van der Waals surface area contributed by atoms with Gasteiger partial charge in [-0.3, -0.25) is 0 Å². The molecule has 0 aliphatic carbocycles. The van der Waals surface area contributed by atoms with Crippen LogP contribution >= 0.6 is 0 Å². The fraction of sp³-hybridized carbons (Fsp3) is 0.429. The second-order valence-corrected chi connectivity index (χ2v) is 4.63. The number of hydrogen-bond acceptors (Lipinski definition) is 4. The van der Waals surface area contributed by atoms with Crippen molar-refractivity contribution in [1.82, 2.24) is 0 Å². The van der Waals surface area contributed by atoms with Gasteiger partial charge in [-0.1, -0.05) is 0 Å². The van der Waals surface area contributed by atoms with Crippen molar-refractivity contribution in [3.05, 3.63) is 29.3 Å². The van der Waals surface area contributed by atoms with Crippen LogP contribution in [-0.4, -0.2) is 24.8 Å². The first-order chi connectivity index (χ1) is 9.63. The fourth-order valence-corrected chi connectivity index (χ4v) is 2.18. The van der Waals surface area contributed by atoms with E-state index in [1.165, 1.54) is 6.07 Å². The Morgan fingerprint density at radius 1 is 1.45 bits per heavy atom. The summed E-state index contributed by atoms with van der Waals surface area (Å²) in [4.78, 5) is 10.5. The molecule has 0 saturated carbocycles. The summed E-state index contributed by atoms with van der Waals surface area (Å²) < 4.78 is 32.7. The van der Waals surface area contributed by atoms with E-state index in [1.807, 2.05) is 0 Å². The minimum absolute atomic E-state index is 0.203. The third-order valence-corrected chi connectivity index (χ3v) is 3.18. The number of rotatable bonds is 5. The van der Waals surface area contributed by atoms with E-state index in [-0.39, 0.29) is 29.6 Å². The number of aldehydes is 1. The molecule has 108 valence electrons. The van der Waals surface area contributed by atoms with E-state index in [1.54, 1.807) is 0 Å². The lowest BCUT2D eigenvalue weighted by atomic mass is 10.0. The molecule has 1 saturated heterocycles. The smallest absolute Gasteiger partial charge is 0.169 e. The molecule has 0 amide bonds. The van der Waals surface area contributed by atoms with Crippen LogP contribution in [0.15, 0.2) is 12.1 Å².